The molecule has 0 aliphatic rings. The van der Waals surface area contributed by atoms with Gasteiger partial charge in [0.15, 0.2) is 15.8 Å². The van der Waals surface area contributed by atoms with Crippen molar-refractivity contribution in [3.05, 3.63) is 35.4 Å². The number of hydrogen-bond acceptors (Lipinski definition) is 3. The molecule has 23 heavy (non-hydrogen) atoms. The third-order valence-corrected chi connectivity index (χ3v) is 5.27. The number of rotatable bonds is 7. The fraction of sp³-hybridized carbons (Fsp3) is 0.562. The summed E-state index contributed by atoms with van der Waals surface area (Å²) < 4.78 is 23.0. The van der Waals surface area contributed by atoms with Gasteiger partial charge in [0, 0.05) is 32.9 Å². The van der Waals surface area contributed by atoms with Crippen LogP contribution in [0.2, 0.25) is 0 Å². The van der Waals surface area contributed by atoms with Gasteiger partial charge in [0.1, 0.15) is 0 Å². The van der Waals surface area contributed by atoms with Gasteiger partial charge in [-0.1, -0.05) is 38.1 Å². The number of nitrogens with one attached hydrogen (secondary N) is 1. The highest BCUT2D eigenvalue weighted by atomic mass is 127. The Labute approximate surface area is 157 Å². The summed E-state index contributed by atoms with van der Waals surface area (Å²) in [5.41, 5.74) is 2.52. The zero-order valence-corrected chi connectivity index (χ0v) is 17.5. The number of aryl methyl sites for hydroxylation is 1. The Kier molecular flexibility index (Phi) is 10.5. The third kappa shape index (κ3) is 8.01. The predicted octanol–water partition coefficient (Wildman–Crippen LogP) is 2.31. The Hall–Kier alpha value is -0.830. The first-order valence-electron chi connectivity index (χ1n) is 7.61. The van der Waals surface area contributed by atoms with Crippen molar-refractivity contribution in [1.82, 2.24) is 10.2 Å². The lowest BCUT2D eigenvalue weighted by atomic mass is 10.1. The van der Waals surface area contributed by atoms with Gasteiger partial charge in [0.2, 0.25) is 0 Å². The molecule has 0 aromatic heterocycles. The van der Waals surface area contributed by atoms with Gasteiger partial charge in [0.05, 0.1) is 5.75 Å². The topological polar surface area (TPSA) is 61.8 Å². The zero-order valence-electron chi connectivity index (χ0n) is 14.4. The van der Waals surface area contributed by atoms with E-state index >= 15 is 0 Å². The summed E-state index contributed by atoms with van der Waals surface area (Å²) in [4.78, 5) is 6.19. The molecule has 0 spiro atoms. The molecule has 132 valence electrons. The van der Waals surface area contributed by atoms with E-state index in [1.165, 1.54) is 11.1 Å². The van der Waals surface area contributed by atoms with E-state index in [4.69, 9.17) is 0 Å². The number of hydrogen-bond donors (Lipinski definition) is 1. The molecular formula is C16H28IN3O2S. The Balaban J connectivity index is 0.00000484. The SMILES string of the molecule is CCc1ccc(CN(C)C(=NC)NCCS(=O)(=O)CC)cc1.I. The predicted molar refractivity (Wildman–Crippen MR) is 108 cm³/mol. The van der Waals surface area contributed by atoms with E-state index in [0.717, 1.165) is 13.0 Å². The van der Waals surface area contributed by atoms with Crippen LogP contribution in [0, 0.1) is 0 Å². The molecule has 0 fully saturated rings. The molecule has 0 aliphatic heterocycles. The summed E-state index contributed by atoms with van der Waals surface area (Å²) in [6.07, 6.45) is 1.03. The van der Waals surface area contributed by atoms with Crippen molar-refractivity contribution in [2.24, 2.45) is 4.99 Å². The molecule has 5 nitrogen and oxygen atoms in total. The standard InChI is InChI=1S/C16H27N3O2S.HI/c1-5-14-7-9-15(10-8-14)13-19(4)16(17-3)18-11-12-22(20,21)6-2;/h7-10H,5-6,11-13H2,1-4H3,(H,17,18);1H. The van der Waals surface area contributed by atoms with Crippen molar-refractivity contribution in [1.29, 1.82) is 0 Å². The Morgan fingerprint density at radius 2 is 1.74 bits per heavy atom. The first-order valence-corrected chi connectivity index (χ1v) is 9.44. The van der Waals surface area contributed by atoms with E-state index in [2.05, 4.69) is 41.5 Å². The molecule has 0 aliphatic carbocycles. The van der Waals surface area contributed by atoms with Crippen LogP contribution in [0.3, 0.4) is 0 Å². The molecule has 1 aromatic rings. The van der Waals surface area contributed by atoms with Gasteiger partial charge in [-0.25, -0.2) is 8.42 Å². The van der Waals surface area contributed by atoms with Gasteiger partial charge in [0.25, 0.3) is 0 Å². The average Bonchev–Trinajstić information content (AvgIpc) is 2.52. The monoisotopic (exact) mass is 453 g/mol. The normalized spacial score (nSPS) is 11.7. The maximum Gasteiger partial charge on any atom is 0.193 e. The smallest absolute Gasteiger partial charge is 0.193 e. The number of benzene rings is 1. The van der Waals surface area contributed by atoms with E-state index in [1.807, 2.05) is 11.9 Å². The number of guanidine groups is 1. The van der Waals surface area contributed by atoms with Crippen molar-refractivity contribution in [3.8, 4) is 0 Å². The minimum Gasteiger partial charge on any atom is -0.355 e. The number of aliphatic imine (C=N–C) groups is 1. The Morgan fingerprint density at radius 3 is 2.22 bits per heavy atom. The maximum atomic E-state index is 11.5. The maximum absolute atomic E-state index is 11.5. The highest BCUT2D eigenvalue weighted by Gasteiger charge is 2.10. The number of halogens is 1. The zero-order chi connectivity index (χ0) is 16.6. The molecule has 1 N–H and O–H groups in total. The molecule has 0 unspecified atom stereocenters. The van der Waals surface area contributed by atoms with Crippen molar-refractivity contribution in [3.63, 3.8) is 0 Å². The number of sulfone groups is 1. The van der Waals surface area contributed by atoms with Gasteiger partial charge in [-0.05, 0) is 17.5 Å². The van der Waals surface area contributed by atoms with Crippen LogP contribution in [0.1, 0.15) is 25.0 Å². The largest absolute Gasteiger partial charge is 0.355 e. The van der Waals surface area contributed by atoms with Crippen LogP contribution in [0.4, 0.5) is 0 Å². The minimum absolute atomic E-state index is 0. The summed E-state index contributed by atoms with van der Waals surface area (Å²) in [5, 5.41) is 3.10. The lowest BCUT2D eigenvalue weighted by Crippen LogP contribution is -2.40. The van der Waals surface area contributed by atoms with Gasteiger partial charge < -0.3 is 10.2 Å². The number of nitrogens with zero attached hydrogens (tertiary/aromatic N) is 2. The second kappa shape index (κ2) is 10.9. The Morgan fingerprint density at radius 1 is 1.17 bits per heavy atom. The summed E-state index contributed by atoms with van der Waals surface area (Å²) in [6, 6.07) is 8.49. The molecule has 1 aromatic carbocycles. The molecule has 7 heteroatoms. The van der Waals surface area contributed by atoms with Gasteiger partial charge >= 0.3 is 0 Å². The van der Waals surface area contributed by atoms with E-state index in [-0.39, 0.29) is 35.5 Å². The molecule has 0 bridgehead atoms. The van der Waals surface area contributed by atoms with E-state index in [1.54, 1.807) is 14.0 Å². The van der Waals surface area contributed by atoms with Crippen molar-refractivity contribution < 1.29 is 8.42 Å². The summed E-state index contributed by atoms with van der Waals surface area (Å²) in [5.74, 6) is 1.000. The van der Waals surface area contributed by atoms with Crippen LogP contribution >= 0.6 is 24.0 Å². The molecule has 0 saturated heterocycles. The molecule has 1 rings (SSSR count). The van der Waals surface area contributed by atoms with Gasteiger partial charge in [-0.3, -0.25) is 4.99 Å². The Bertz CT molecular complexity index is 586. The van der Waals surface area contributed by atoms with Crippen LogP contribution in [0.25, 0.3) is 0 Å². The van der Waals surface area contributed by atoms with Crippen LogP contribution in [-0.2, 0) is 22.8 Å². The first-order chi connectivity index (χ1) is 10.4. The molecule has 0 radical (unpaired) electrons. The highest BCUT2D eigenvalue weighted by molar-refractivity contribution is 14.0. The lowest BCUT2D eigenvalue weighted by molar-refractivity contribution is 0.478. The summed E-state index contributed by atoms with van der Waals surface area (Å²) in [7, 11) is 0.692. The molecule has 0 saturated carbocycles. The van der Waals surface area contributed by atoms with Crippen LogP contribution in [0.5, 0.6) is 0 Å². The van der Waals surface area contributed by atoms with Crippen molar-refractivity contribution >= 4 is 39.8 Å². The average molecular weight is 453 g/mol. The fourth-order valence-electron chi connectivity index (χ4n) is 2.08. The first kappa shape index (κ1) is 22.2. The van der Waals surface area contributed by atoms with Gasteiger partial charge in [-0.15, -0.1) is 24.0 Å². The fourth-order valence-corrected chi connectivity index (χ4v) is 2.78. The second-order valence-corrected chi connectivity index (χ2v) is 7.71. The van der Waals surface area contributed by atoms with Crippen LogP contribution in [-0.4, -0.2) is 51.4 Å². The highest BCUT2D eigenvalue weighted by Crippen LogP contribution is 2.07. The molecular weight excluding hydrogens is 425 g/mol. The third-order valence-electron chi connectivity index (χ3n) is 3.56. The molecule has 0 amide bonds. The summed E-state index contributed by atoms with van der Waals surface area (Å²) >= 11 is 0. The van der Waals surface area contributed by atoms with Crippen LogP contribution in [0.15, 0.2) is 29.3 Å². The van der Waals surface area contributed by atoms with Crippen molar-refractivity contribution in [2.75, 3.05) is 32.1 Å². The van der Waals surface area contributed by atoms with E-state index in [0.29, 0.717) is 12.5 Å². The summed E-state index contributed by atoms with van der Waals surface area (Å²) in [6.45, 7) is 4.90. The van der Waals surface area contributed by atoms with Gasteiger partial charge in [-0.2, -0.15) is 0 Å². The van der Waals surface area contributed by atoms with Crippen molar-refractivity contribution in [2.45, 2.75) is 26.8 Å². The van der Waals surface area contributed by atoms with E-state index in [9.17, 15) is 8.42 Å². The molecule has 0 heterocycles. The minimum atomic E-state index is -2.95. The molecule has 0 atom stereocenters. The second-order valence-electron chi connectivity index (χ2n) is 5.24. The lowest BCUT2D eigenvalue weighted by Gasteiger charge is -2.22. The quantitative estimate of drug-likeness (QED) is 0.391. The van der Waals surface area contributed by atoms with Crippen LogP contribution < -0.4 is 5.32 Å². The van der Waals surface area contributed by atoms with E-state index < -0.39 is 9.84 Å².